The maximum Gasteiger partial charge on any atom is 0.405 e. The molecule has 0 fully saturated rings. The first-order chi connectivity index (χ1) is 4.95. The molecular weight excluding hydrogens is 163 g/mol. The van der Waals surface area contributed by atoms with Gasteiger partial charge in [-0.2, -0.15) is 13.2 Å². The summed E-state index contributed by atoms with van der Waals surface area (Å²) in [5, 5.41) is 9.72. The van der Waals surface area contributed by atoms with Gasteiger partial charge in [0.1, 0.15) is 6.54 Å². The van der Waals surface area contributed by atoms with Crippen LogP contribution in [0.1, 0.15) is 6.42 Å². The third kappa shape index (κ3) is 7.11. The molecule has 0 unspecified atom stereocenters. The Balaban J connectivity index is 3.46. The number of amides is 1. The van der Waals surface area contributed by atoms with E-state index in [0.717, 1.165) is 0 Å². The van der Waals surface area contributed by atoms with Gasteiger partial charge in [0.2, 0.25) is 5.91 Å². The van der Waals surface area contributed by atoms with Gasteiger partial charge < -0.3 is 10.4 Å². The minimum atomic E-state index is -4.38. The lowest BCUT2D eigenvalue weighted by Gasteiger charge is -2.06. The highest BCUT2D eigenvalue weighted by Crippen LogP contribution is 2.11. The Bertz CT molecular complexity index is 134. The Kier molecular flexibility index (Phi) is 3.88. The summed E-state index contributed by atoms with van der Waals surface area (Å²) in [6.07, 6.45) is -4.68. The van der Waals surface area contributed by atoms with E-state index in [4.69, 9.17) is 5.11 Å². The van der Waals surface area contributed by atoms with Crippen LogP contribution >= 0.6 is 0 Å². The first-order valence-electron chi connectivity index (χ1n) is 2.90. The fourth-order valence-corrected chi connectivity index (χ4v) is 0.389. The van der Waals surface area contributed by atoms with Crippen LogP contribution < -0.4 is 5.32 Å². The molecule has 66 valence electrons. The van der Waals surface area contributed by atoms with Crippen molar-refractivity contribution in [3.8, 4) is 0 Å². The van der Waals surface area contributed by atoms with Crippen molar-refractivity contribution >= 4 is 5.91 Å². The largest absolute Gasteiger partial charge is 0.405 e. The Morgan fingerprint density at radius 2 is 2.00 bits per heavy atom. The summed E-state index contributed by atoms with van der Waals surface area (Å²) in [5.41, 5.74) is 0. The first-order valence-corrected chi connectivity index (χ1v) is 2.90. The molecule has 0 saturated carbocycles. The molecule has 0 aromatic carbocycles. The number of aliphatic hydroxyl groups is 1. The molecule has 0 aliphatic rings. The van der Waals surface area contributed by atoms with E-state index in [1.54, 1.807) is 5.32 Å². The zero-order valence-corrected chi connectivity index (χ0v) is 5.61. The highest BCUT2D eigenvalue weighted by molar-refractivity contribution is 5.75. The molecule has 0 aliphatic heterocycles. The minimum absolute atomic E-state index is 0.296. The molecule has 0 aliphatic carbocycles. The van der Waals surface area contributed by atoms with Crippen molar-refractivity contribution < 1.29 is 23.1 Å². The molecule has 0 spiro atoms. The molecule has 0 bridgehead atoms. The van der Waals surface area contributed by atoms with Gasteiger partial charge in [-0.15, -0.1) is 0 Å². The lowest BCUT2D eigenvalue weighted by atomic mass is 10.4. The van der Waals surface area contributed by atoms with Crippen molar-refractivity contribution in [2.75, 3.05) is 13.2 Å². The molecule has 0 aromatic heterocycles. The van der Waals surface area contributed by atoms with Crippen LogP contribution in [0.2, 0.25) is 0 Å². The smallest absolute Gasteiger partial charge is 0.396 e. The quantitative estimate of drug-likeness (QED) is 0.630. The number of hydrogen-bond acceptors (Lipinski definition) is 2. The van der Waals surface area contributed by atoms with Gasteiger partial charge in [0.15, 0.2) is 0 Å². The van der Waals surface area contributed by atoms with E-state index < -0.39 is 25.2 Å². The lowest BCUT2D eigenvalue weighted by molar-refractivity contribution is -0.138. The van der Waals surface area contributed by atoms with Crippen LogP contribution in [-0.4, -0.2) is 30.3 Å². The Morgan fingerprint density at radius 1 is 1.45 bits per heavy atom. The van der Waals surface area contributed by atoms with E-state index in [-0.39, 0.29) is 6.42 Å². The molecule has 0 aromatic rings. The molecule has 11 heavy (non-hydrogen) atoms. The molecule has 0 saturated heterocycles. The van der Waals surface area contributed by atoms with Gasteiger partial charge in [0, 0.05) is 6.42 Å². The molecular formula is C5H8F3NO2. The van der Waals surface area contributed by atoms with E-state index in [2.05, 4.69) is 0 Å². The third-order valence-corrected chi connectivity index (χ3v) is 0.825. The molecule has 0 heterocycles. The predicted octanol–water partition coefficient (Wildman–Crippen LogP) is 0.0473. The van der Waals surface area contributed by atoms with E-state index in [1.807, 2.05) is 0 Å². The van der Waals surface area contributed by atoms with Gasteiger partial charge in [-0.25, -0.2) is 0 Å². The summed E-state index contributed by atoms with van der Waals surface area (Å²) >= 11 is 0. The summed E-state index contributed by atoms with van der Waals surface area (Å²) in [4.78, 5) is 10.3. The van der Waals surface area contributed by atoms with Gasteiger partial charge in [0.25, 0.3) is 0 Å². The molecule has 3 nitrogen and oxygen atoms in total. The number of nitrogens with one attached hydrogen (secondary N) is 1. The molecule has 0 rings (SSSR count). The normalized spacial score (nSPS) is 11.3. The van der Waals surface area contributed by atoms with E-state index in [9.17, 15) is 18.0 Å². The lowest BCUT2D eigenvalue weighted by Crippen LogP contribution is -2.33. The van der Waals surface area contributed by atoms with Crippen molar-refractivity contribution in [1.29, 1.82) is 0 Å². The van der Waals surface area contributed by atoms with Crippen LogP contribution in [0.5, 0.6) is 0 Å². The van der Waals surface area contributed by atoms with Gasteiger partial charge >= 0.3 is 6.18 Å². The average molecular weight is 171 g/mol. The predicted molar refractivity (Wildman–Crippen MR) is 30.8 cm³/mol. The maximum absolute atomic E-state index is 11.4. The molecule has 6 heteroatoms. The second-order valence-electron chi connectivity index (χ2n) is 1.87. The first kappa shape index (κ1) is 10.2. The summed E-state index contributed by atoms with van der Waals surface area (Å²) in [6.45, 7) is -1.78. The second-order valence-corrected chi connectivity index (χ2v) is 1.87. The summed E-state index contributed by atoms with van der Waals surface area (Å²) < 4.78 is 34.1. The molecule has 0 atom stereocenters. The van der Waals surface area contributed by atoms with Crippen molar-refractivity contribution in [2.45, 2.75) is 12.6 Å². The summed E-state index contributed by atoms with van der Waals surface area (Å²) in [5.74, 6) is -0.801. The van der Waals surface area contributed by atoms with E-state index in [1.165, 1.54) is 0 Å². The molecule has 2 N–H and O–H groups in total. The van der Waals surface area contributed by atoms with Crippen LogP contribution in [0.25, 0.3) is 0 Å². The molecule has 0 radical (unpaired) electrons. The summed E-state index contributed by atoms with van der Waals surface area (Å²) in [7, 11) is 0. The van der Waals surface area contributed by atoms with Gasteiger partial charge in [-0.1, -0.05) is 0 Å². The van der Waals surface area contributed by atoms with Crippen molar-refractivity contribution in [2.24, 2.45) is 0 Å². The summed E-state index contributed by atoms with van der Waals surface area (Å²) in [6, 6.07) is 0. The van der Waals surface area contributed by atoms with Crippen molar-refractivity contribution in [3.63, 3.8) is 0 Å². The van der Waals surface area contributed by atoms with Crippen LogP contribution in [0.15, 0.2) is 0 Å². The standard InChI is InChI=1S/C5H8F3NO2/c6-5(7,8)3-9-4(11)1-2-10/h10H,1-3H2,(H,9,11). The van der Waals surface area contributed by atoms with Crippen molar-refractivity contribution in [1.82, 2.24) is 5.32 Å². The highest BCUT2D eigenvalue weighted by Gasteiger charge is 2.27. The number of carbonyl (C=O) groups is 1. The Hall–Kier alpha value is -0.780. The average Bonchev–Trinajstić information content (AvgIpc) is 1.83. The second kappa shape index (κ2) is 4.17. The van der Waals surface area contributed by atoms with Crippen LogP contribution in [0, 0.1) is 0 Å². The fraction of sp³-hybridized carbons (Fsp3) is 0.800. The number of alkyl halides is 3. The zero-order chi connectivity index (χ0) is 8.91. The zero-order valence-electron chi connectivity index (χ0n) is 5.61. The fourth-order valence-electron chi connectivity index (χ4n) is 0.389. The third-order valence-electron chi connectivity index (χ3n) is 0.825. The van der Waals surface area contributed by atoms with Crippen LogP contribution in [0.4, 0.5) is 13.2 Å². The van der Waals surface area contributed by atoms with Crippen LogP contribution in [0.3, 0.4) is 0 Å². The number of rotatable bonds is 3. The Labute approximate surface area is 61.2 Å². The number of carbonyl (C=O) groups excluding carboxylic acids is 1. The SMILES string of the molecule is O=C(CCO)NCC(F)(F)F. The number of halogens is 3. The van der Waals surface area contributed by atoms with Crippen molar-refractivity contribution in [3.05, 3.63) is 0 Å². The van der Waals surface area contributed by atoms with E-state index >= 15 is 0 Å². The van der Waals surface area contributed by atoms with Gasteiger partial charge in [-0.05, 0) is 0 Å². The minimum Gasteiger partial charge on any atom is -0.396 e. The maximum atomic E-state index is 11.4. The van der Waals surface area contributed by atoms with E-state index in [0.29, 0.717) is 0 Å². The Morgan fingerprint density at radius 3 is 2.36 bits per heavy atom. The van der Waals surface area contributed by atoms with Crippen LogP contribution in [-0.2, 0) is 4.79 Å². The highest BCUT2D eigenvalue weighted by atomic mass is 19.4. The monoisotopic (exact) mass is 171 g/mol. The number of aliphatic hydroxyl groups excluding tert-OH is 1. The molecule has 1 amide bonds. The topological polar surface area (TPSA) is 49.3 Å². The van der Waals surface area contributed by atoms with Gasteiger partial charge in [0.05, 0.1) is 6.61 Å². The van der Waals surface area contributed by atoms with Gasteiger partial charge in [-0.3, -0.25) is 4.79 Å². The number of hydrogen-bond donors (Lipinski definition) is 2.